The maximum Gasteiger partial charge on any atom is 0.271 e. The van der Waals surface area contributed by atoms with E-state index in [1.165, 1.54) is 42.5 Å². The highest BCUT2D eigenvalue weighted by atomic mass is 35.5. The zero-order valence-electron chi connectivity index (χ0n) is 12.9. The number of halogens is 3. The zero-order valence-corrected chi connectivity index (χ0v) is 18.5. The lowest BCUT2D eigenvalue weighted by molar-refractivity contribution is 0.601. The van der Waals surface area contributed by atoms with Gasteiger partial charge < -0.3 is 0 Å². The highest BCUT2D eigenvalue weighted by molar-refractivity contribution is 7.95. The molecule has 0 aliphatic carbocycles. The van der Waals surface area contributed by atoms with E-state index in [1.807, 2.05) is 0 Å². The van der Waals surface area contributed by atoms with Crippen LogP contribution in [0.5, 0.6) is 0 Å². The average Bonchev–Trinajstić information content (AvgIpc) is 3.19. The standard InChI is InChI=1S/C14H9Cl3N2O4S4/c15-8-1-2-9(18-26(20,21)13-5-3-11(16)24-13)10(7-8)19-27(22,23)14-6-4-12(17)25-14/h1-7,18-19H. The fourth-order valence-corrected chi connectivity index (χ4v) is 7.25. The Bertz CT molecular complexity index is 1200. The van der Waals surface area contributed by atoms with Crippen molar-refractivity contribution in [2.24, 2.45) is 0 Å². The van der Waals surface area contributed by atoms with Crippen molar-refractivity contribution in [1.29, 1.82) is 0 Å². The predicted molar refractivity (Wildman–Crippen MR) is 112 cm³/mol. The van der Waals surface area contributed by atoms with Gasteiger partial charge in [-0.25, -0.2) is 16.8 Å². The van der Waals surface area contributed by atoms with E-state index in [4.69, 9.17) is 34.8 Å². The minimum atomic E-state index is -3.98. The minimum Gasteiger partial charge on any atom is -0.277 e. The Morgan fingerprint density at radius 3 is 1.59 bits per heavy atom. The van der Waals surface area contributed by atoms with Crippen LogP contribution < -0.4 is 9.44 Å². The van der Waals surface area contributed by atoms with Gasteiger partial charge >= 0.3 is 0 Å². The average molecular weight is 504 g/mol. The molecule has 0 bridgehead atoms. The first-order valence-corrected chi connectivity index (χ1v) is 12.7. The summed E-state index contributed by atoms with van der Waals surface area (Å²) in [4.78, 5) is 0. The number of rotatable bonds is 6. The third-order valence-electron chi connectivity index (χ3n) is 3.10. The number of anilines is 2. The van der Waals surface area contributed by atoms with Crippen LogP contribution in [0.1, 0.15) is 0 Å². The van der Waals surface area contributed by atoms with Crippen molar-refractivity contribution in [3.05, 3.63) is 56.2 Å². The van der Waals surface area contributed by atoms with Crippen LogP contribution in [0.15, 0.2) is 50.9 Å². The molecule has 13 heteroatoms. The molecule has 1 aromatic carbocycles. The van der Waals surface area contributed by atoms with Gasteiger partial charge in [0.05, 0.1) is 20.0 Å². The molecule has 0 spiro atoms. The number of nitrogens with one attached hydrogen (secondary N) is 2. The van der Waals surface area contributed by atoms with E-state index in [-0.39, 0.29) is 24.8 Å². The molecule has 3 rings (SSSR count). The number of hydrogen-bond donors (Lipinski definition) is 2. The third kappa shape index (κ3) is 4.89. The van der Waals surface area contributed by atoms with Crippen LogP contribution in [0.4, 0.5) is 11.4 Å². The van der Waals surface area contributed by atoms with Crippen LogP contribution in [0, 0.1) is 0 Å². The second-order valence-corrected chi connectivity index (χ2v) is 12.7. The fourth-order valence-electron chi connectivity index (χ4n) is 1.96. The first-order valence-electron chi connectivity index (χ1n) is 6.93. The van der Waals surface area contributed by atoms with Gasteiger partial charge in [0.15, 0.2) is 0 Å². The molecule has 144 valence electrons. The summed E-state index contributed by atoms with van der Waals surface area (Å²) in [5, 5.41) is 0.221. The molecule has 2 heterocycles. The van der Waals surface area contributed by atoms with Gasteiger partial charge in [0.1, 0.15) is 8.42 Å². The van der Waals surface area contributed by atoms with E-state index >= 15 is 0 Å². The molecule has 0 fully saturated rings. The van der Waals surface area contributed by atoms with E-state index in [2.05, 4.69) is 9.44 Å². The van der Waals surface area contributed by atoms with E-state index in [9.17, 15) is 16.8 Å². The van der Waals surface area contributed by atoms with Crippen LogP contribution in [0.2, 0.25) is 13.7 Å². The Labute approximate surface area is 178 Å². The van der Waals surface area contributed by atoms with Crippen molar-refractivity contribution in [1.82, 2.24) is 0 Å². The van der Waals surface area contributed by atoms with Crippen LogP contribution >= 0.6 is 57.5 Å². The summed E-state index contributed by atoms with van der Waals surface area (Å²) in [7, 11) is -7.93. The molecule has 0 radical (unpaired) electrons. The Hall–Kier alpha value is -1.01. The van der Waals surface area contributed by atoms with Crippen molar-refractivity contribution >= 4 is 88.9 Å². The molecule has 0 aliphatic heterocycles. The second-order valence-electron chi connectivity index (χ2n) is 5.02. The molecule has 0 saturated carbocycles. The Kier molecular flexibility index (Phi) is 5.97. The molecule has 6 nitrogen and oxygen atoms in total. The predicted octanol–water partition coefficient (Wildman–Crippen LogP) is 5.37. The highest BCUT2D eigenvalue weighted by Gasteiger charge is 2.22. The van der Waals surface area contributed by atoms with Crippen LogP contribution in [0.25, 0.3) is 0 Å². The molecule has 2 aromatic heterocycles. The third-order valence-corrected chi connectivity index (χ3v) is 9.51. The summed E-state index contributed by atoms with van der Waals surface area (Å²) in [6.45, 7) is 0. The fraction of sp³-hybridized carbons (Fsp3) is 0. The van der Waals surface area contributed by atoms with Crippen LogP contribution in [-0.2, 0) is 20.0 Å². The maximum atomic E-state index is 12.5. The lowest BCUT2D eigenvalue weighted by Gasteiger charge is -2.14. The maximum absolute atomic E-state index is 12.5. The van der Waals surface area contributed by atoms with E-state index in [0.717, 1.165) is 22.7 Å². The monoisotopic (exact) mass is 502 g/mol. The minimum absolute atomic E-state index is 0.00940. The van der Waals surface area contributed by atoms with Gasteiger partial charge in [-0.2, -0.15) is 0 Å². The number of hydrogen-bond acceptors (Lipinski definition) is 6. The Balaban J connectivity index is 1.96. The SMILES string of the molecule is O=S(=O)(Nc1ccc(Cl)cc1NS(=O)(=O)c1ccc(Cl)s1)c1ccc(Cl)s1. The first-order chi connectivity index (χ1) is 12.6. The molecule has 27 heavy (non-hydrogen) atoms. The molecule has 3 aromatic rings. The number of benzene rings is 1. The van der Waals surface area contributed by atoms with Crippen molar-refractivity contribution in [3.8, 4) is 0 Å². The molecular weight excluding hydrogens is 495 g/mol. The summed E-state index contributed by atoms with van der Waals surface area (Å²) >= 11 is 19.3. The van der Waals surface area contributed by atoms with Gasteiger partial charge in [-0.15, -0.1) is 22.7 Å². The first kappa shape index (κ1) is 20.7. The summed E-state index contributed by atoms with van der Waals surface area (Å²) in [6.07, 6.45) is 0. The van der Waals surface area contributed by atoms with Crippen molar-refractivity contribution in [2.45, 2.75) is 8.42 Å². The summed E-state index contributed by atoms with van der Waals surface area (Å²) in [5.74, 6) is 0. The lowest BCUT2D eigenvalue weighted by atomic mass is 10.3. The summed E-state index contributed by atoms with van der Waals surface area (Å²) in [5.41, 5.74) is -0.0200. The molecule has 2 N–H and O–H groups in total. The summed E-state index contributed by atoms with van der Waals surface area (Å²) in [6, 6.07) is 9.68. The Morgan fingerprint density at radius 2 is 1.15 bits per heavy atom. The van der Waals surface area contributed by atoms with Gasteiger partial charge in [-0.3, -0.25) is 9.44 Å². The summed E-state index contributed by atoms with van der Waals surface area (Å²) < 4.78 is 55.3. The van der Waals surface area contributed by atoms with Gasteiger partial charge in [0, 0.05) is 5.02 Å². The largest absolute Gasteiger partial charge is 0.277 e. The van der Waals surface area contributed by atoms with Crippen molar-refractivity contribution < 1.29 is 16.8 Å². The van der Waals surface area contributed by atoms with Gasteiger partial charge in [-0.1, -0.05) is 34.8 Å². The molecule has 0 saturated heterocycles. The molecule has 0 unspecified atom stereocenters. The van der Waals surface area contributed by atoms with E-state index in [1.54, 1.807) is 0 Å². The van der Waals surface area contributed by atoms with E-state index < -0.39 is 20.0 Å². The van der Waals surface area contributed by atoms with Gasteiger partial charge in [0.25, 0.3) is 20.0 Å². The molecule has 0 atom stereocenters. The Morgan fingerprint density at radius 1 is 0.667 bits per heavy atom. The number of thiophene rings is 2. The second kappa shape index (κ2) is 7.78. The van der Waals surface area contributed by atoms with Crippen LogP contribution in [0.3, 0.4) is 0 Å². The van der Waals surface area contributed by atoms with Gasteiger partial charge in [0.2, 0.25) is 0 Å². The smallest absolute Gasteiger partial charge is 0.271 e. The zero-order chi connectivity index (χ0) is 19.8. The van der Waals surface area contributed by atoms with E-state index in [0.29, 0.717) is 8.67 Å². The van der Waals surface area contributed by atoms with Crippen molar-refractivity contribution in [2.75, 3.05) is 9.44 Å². The quantitative estimate of drug-likeness (QED) is 0.473. The van der Waals surface area contributed by atoms with Gasteiger partial charge in [-0.05, 0) is 42.5 Å². The highest BCUT2D eigenvalue weighted by Crippen LogP contribution is 2.34. The topological polar surface area (TPSA) is 92.3 Å². The number of sulfonamides is 2. The molecular formula is C14H9Cl3N2O4S4. The van der Waals surface area contributed by atoms with Crippen LogP contribution in [-0.4, -0.2) is 16.8 Å². The van der Waals surface area contributed by atoms with Crippen molar-refractivity contribution in [3.63, 3.8) is 0 Å². The lowest BCUT2D eigenvalue weighted by Crippen LogP contribution is -2.16. The molecule has 0 aliphatic rings. The molecule has 0 amide bonds. The normalized spacial score (nSPS) is 12.1.